The number of aliphatic hydroxyl groups is 1. The Morgan fingerprint density at radius 1 is 1.09 bits per heavy atom. The van der Waals surface area contributed by atoms with Crippen LogP contribution in [0.5, 0.6) is 0 Å². The van der Waals surface area contributed by atoms with Gasteiger partial charge in [-0.15, -0.1) is 0 Å². The Labute approximate surface area is 132 Å². The third-order valence-corrected chi connectivity index (χ3v) is 8.30. The maximum atomic E-state index is 14.1. The van der Waals surface area contributed by atoms with Crippen molar-refractivity contribution in [2.24, 2.45) is 34.5 Å². The van der Waals surface area contributed by atoms with E-state index in [-0.39, 0.29) is 23.7 Å². The molecule has 2 nitrogen and oxygen atoms in total. The number of alkyl halides is 1. The second-order valence-electron chi connectivity index (χ2n) is 9.07. The van der Waals surface area contributed by atoms with Crippen molar-refractivity contribution >= 4 is 5.78 Å². The Kier molecular flexibility index (Phi) is 3.28. The Morgan fingerprint density at radius 2 is 1.86 bits per heavy atom. The lowest BCUT2D eigenvalue weighted by molar-refractivity contribution is -0.163. The molecule has 0 bridgehead atoms. The number of carbonyl (C=O) groups is 1. The fourth-order valence-corrected chi connectivity index (χ4v) is 7.01. The fourth-order valence-electron chi connectivity index (χ4n) is 7.01. The Morgan fingerprint density at radius 3 is 2.64 bits per heavy atom. The van der Waals surface area contributed by atoms with Crippen LogP contribution in [0.4, 0.5) is 4.39 Å². The van der Waals surface area contributed by atoms with Crippen molar-refractivity contribution < 1.29 is 14.3 Å². The predicted octanol–water partition coefficient (Wildman–Crippen LogP) is 3.91. The summed E-state index contributed by atoms with van der Waals surface area (Å²) in [7, 11) is 0. The van der Waals surface area contributed by atoms with Gasteiger partial charge < -0.3 is 5.11 Å². The largest absolute Gasteiger partial charge is 0.393 e. The molecule has 0 aromatic heterocycles. The van der Waals surface area contributed by atoms with Crippen LogP contribution >= 0.6 is 0 Å². The Bertz CT molecular complexity index is 492. The quantitative estimate of drug-likeness (QED) is 0.737. The van der Waals surface area contributed by atoms with E-state index in [9.17, 15) is 14.3 Å². The first-order valence-corrected chi connectivity index (χ1v) is 9.24. The standard InChI is InChI=1S/C19H29FO2/c1-18-7-4-3-5-11(18)9-15(21)16-12(18)6-8-19(2)13(16)10-14(20)17(19)22/h11-16,21H,3-10H2,1-2H3/t11?,12-,13-,14+,15+,16+,18-,19-/m0/s1. The Hall–Kier alpha value is -0.440. The monoisotopic (exact) mass is 308 g/mol. The highest BCUT2D eigenvalue weighted by Gasteiger charge is 2.64. The van der Waals surface area contributed by atoms with Gasteiger partial charge in [0.1, 0.15) is 0 Å². The van der Waals surface area contributed by atoms with Gasteiger partial charge >= 0.3 is 0 Å². The van der Waals surface area contributed by atoms with Crippen molar-refractivity contribution in [1.82, 2.24) is 0 Å². The second kappa shape index (κ2) is 4.78. The van der Waals surface area contributed by atoms with Crippen LogP contribution in [-0.4, -0.2) is 23.2 Å². The highest BCUT2D eigenvalue weighted by Crippen LogP contribution is 2.65. The van der Waals surface area contributed by atoms with E-state index in [2.05, 4.69) is 6.92 Å². The van der Waals surface area contributed by atoms with E-state index in [1.807, 2.05) is 6.92 Å². The van der Waals surface area contributed by atoms with Gasteiger partial charge in [-0.2, -0.15) is 0 Å². The molecule has 4 fully saturated rings. The van der Waals surface area contributed by atoms with Crippen LogP contribution < -0.4 is 0 Å². The first-order chi connectivity index (χ1) is 10.4. The zero-order chi connectivity index (χ0) is 15.7. The summed E-state index contributed by atoms with van der Waals surface area (Å²) in [6.07, 6.45) is 6.50. The van der Waals surface area contributed by atoms with E-state index in [1.165, 1.54) is 25.7 Å². The lowest BCUT2D eigenvalue weighted by atomic mass is 9.44. The molecular formula is C19H29FO2. The van der Waals surface area contributed by atoms with Gasteiger partial charge in [0.15, 0.2) is 12.0 Å². The molecule has 0 saturated heterocycles. The molecule has 1 unspecified atom stereocenters. The maximum Gasteiger partial charge on any atom is 0.173 e. The normalized spacial score (nSPS) is 57.9. The number of hydrogen-bond donors (Lipinski definition) is 1. The number of hydrogen-bond acceptors (Lipinski definition) is 2. The molecule has 4 aliphatic carbocycles. The van der Waals surface area contributed by atoms with Gasteiger partial charge in [0.2, 0.25) is 0 Å². The molecule has 0 spiro atoms. The zero-order valence-corrected chi connectivity index (χ0v) is 13.9. The molecule has 4 saturated carbocycles. The molecule has 0 aromatic carbocycles. The van der Waals surface area contributed by atoms with Gasteiger partial charge in [-0.05, 0) is 67.6 Å². The lowest BCUT2D eigenvalue weighted by Crippen LogP contribution is -2.57. The molecule has 0 aromatic rings. The van der Waals surface area contributed by atoms with Crippen LogP contribution in [0, 0.1) is 34.5 Å². The number of Topliss-reactive ketones (excluding diaryl/α,β-unsaturated/α-hetero) is 1. The molecule has 124 valence electrons. The summed E-state index contributed by atoms with van der Waals surface area (Å²) in [5.41, 5.74) is -0.208. The average Bonchev–Trinajstić information content (AvgIpc) is 2.71. The van der Waals surface area contributed by atoms with Gasteiger partial charge in [0, 0.05) is 5.41 Å². The first kappa shape index (κ1) is 15.1. The predicted molar refractivity (Wildman–Crippen MR) is 83.0 cm³/mol. The molecule has 4 aliphatic rings. The van der Waals surface area contributed by atoms with Gasteiger partial charge in [0.05, 0.1) is 6.10 Å². The minimum atomic E-state index is -1.29. The van der Waals surface area contributed by atoms with Crippen molar-refractivity contribution in [3.63, 3.8) is 0 Å². The first-order valence-electron chi connectivity index (χ1n) is 9.24. The minimum Gasteiger partial charge on any atom is -0.393 e. The molecule has 22 heavy (non-hydrogen) atoms. The van der Waals surface area contributed by atoms with Crippen molar-refractivity contribution in [3.05, 3.63) is 0 Å². The van der Waals surface area contributed by atoms with E-state index < -0.39 is 11.6 Å². The van der Waals surface area contributed by atoms with Gasteiger partial charge in [0.25, 0.3) is 0 Å². The molecule has 0 heterocycles. The highest BCUT2D eigenvalue weighted by molar-refractivity contribution is 5.91. The summed E-state index contributed by atoms with van der Waals surface area (Å²) in [6.45, 7) is 4.39. The van der Waals surface area contributed by atoms with Crippen LogP contribution in [0.1, 0.15) is 65.2 Å². The van der Waals surface area contributed by atoms with E-state index >= 15 is 0 Å². The molecule has 0 radical (unpaired) electrons. The summed E-state index contributed by atoms with van der Waals surface area (Å²) in [6, 6.07) is 0. The van der Waals surface area contributed by atoms with E-state index in [4.69, 9.17) is 0 Å². The molecule has 1 N–H and O–H groups in total. The SMILES string of the molecule is C[C@]12CCCCC1C[C@@H](O)[C@@H]1[C@@H]2CC[C@]2(C)C(=O)[C@H](F)C[C@@H]12. The Balaban J connectivity index is 1.71. The maximum absolute atomic E-state index is 14.1. The molecule has 4 rings (SSSR count). The van der Waals surface area contributed by atoms with E-state index in [1.54, 1.807) is 0 Å². The van der Waals surface area contributed by atoms with Crippen LogP contribution in [0.2, 0.25) is 0 Å². The number of rotatable bonds is 0. The summed E-state index contributed by atoms with van der Waals surface area (Å²) < 4.78 is 14.1. The fraction of sp³-hybridized carbons (Fsp3) is 0.947. The number of carbonyl (C=O) groups excluding carboxylic acids is 1. The van der Waals surface area contributed by atoms with Crippen LogP contribution in [-0.2, 0) is 4.79 Å². The highest BCUT2D eigenvalue weighted by atomic mass is 19.1. The summed E-state index contributed by atoms with van der Waals surface area (Å²) in [5.74, 6) is 1.13. The molecule has 0 amide bonds. The van der Waals surface area contributed by atoms with E-state index in [0.29, 0.717) is 23.7 Å². The van der Waals surface area contributed by atoms with Gasteiger partial charge in [-0.25, -0.2) is 4.39 Å². The average molecular weight is 308 g/mol. The minimum absolute atomic E-state index is 0.0588. The second-order valence-corrected chi connectivity index (χ2v) is 9.07. The van der Waals surface area contributed by atoms with Crippen molar-refractivity contribution in [2.75, 3.05) is 0 Å². The lowest BCUT2D eigenvalue weighted by Gasteiger charge is -2.60. The van der Waals surface area contributed by atoms with Gasteiger partial charge in [-0.1, -0.05) is 26.7 Å². The topological polar surface area (TPSA) is 37.3 Å². The molecule has 8 atom stereocenters. The van der Waals surface area contributed by atoms with Crippen LogP contribution in [0.3, 0.4) is 0 Å². The number of fused-ring (bicyclic) bond motifs is 5. The van der Waals surface area contributed by atoms with Crippen molar-refractivity contribution in [1.29, 1.82) is 0 Å². The van der Waals surface area contributed by atoms with Crippen molar-refractivity contribution in [2.45, 2.75) is 77.5 Å². The smallest absolute Gasteiger partial charge is 0.173 e. The molecular weight excluding hydrogens is 279 g/mol. The van der Waals surface area contributed by atoms with Gasteiger partial charge in [-0.3, -0.25) is 4.79 Å². The zero-order valence-electron chi connectivity index (χ0n) is 13.9. The molecule has 0 aliphatic heterocycles. The van der Waals surface area contributed by atoms with Crippen LogP contribution in [0.15, 0.2) is 0 Å². The number of ketones is 1. The third kappa shape index (κ3) is 1.78. The summed E-state index contributed by atoms with van der Waals surface area (Å²) in [4.78, 5) is 12.3. The van der Waals surface area contributed by atoms with Crippen LogP contribution in [0.25, 0.3) is 0 Å². The molecule has 3 heteroatoms. The third-order valence-electron chi connectivity index (χ3n) is 8.30. The number of aliphatic hydroxyl groups excluding tert-OH is 1. The summed E-state index contributed by atoms with van der Waals surface area (Å²) >= 11 is 0. The van der Waals surface area contributed by atoms with Crippen molar-refractivity contribution in [3.8, 4) is 0 Å². The van der Waals surface area contributed by atoms with E-state index in [0.717, 1.165) is 19.3 Å². The summed E-state index contributed by atoms with van der Waals surface area (Å²) in [5, 5.41) is 10.9. The number of halogens is 1.